The van der Waals surface area contributed by atoms with Crippen LogP contribution in [0.25, 0.3) is 0 Å². The molecule has 46 heavy (non-hydrogen) atoms. The Bertz CT molecular complexity index is 1710. The van der Waals surface area contributed by atoms with Crippen molar-refractivity contribution >= 4 is 33.2 Å². The molecule has 0 radical (unpaired) electrons. The van der Waals surface area contributed by atoms with Gasteiger partial charge < -0.3 is 14.9 Å². The molecule has 9 heteroatoms. The lowest BCUT2D eigenvalue weighted by Crippen LogP contribution is -2.28. The van der Waals surface area contributed by atoms with Crippen LogP contribution in [0.15, 0.2) is 90.7 Å². The van der Waals surface area contributed by atoms with Gasteiger partial charge in [0.1, 0.15) is 7.05 Å². The molecule has 0 aromatic heterocycles. The average molecular weight is 647 g/mol. The predicted molar refractivity (Wildman–Crippen MR) is 187 cm³/mol. The number of hydrogen-bond acceptors (Lipinski definition) is 5. The van der Waals surface area contributed by atoms with Crippen molar-refractivity contribution in [1.82, 2.24) is 4.90 Å². The van der Waals surface area contributed by atoms with Crippen LogP contribution in [-0.2, 0) is 32.3 Å². The SMILES string of the molecule is CN(CCCC(=O)O)Cc1ccc2c(c1)C(C)(C)C(/C=C/C=C/C=C/C=C1/N(CCCS(=O)(=O)O)c3ccccc3C1(C)C)=[N+]2C. The Labute approximate surface area is 274 Å². The third kappa shape index (κ3) is 8.13. The molecule has 2 heterocycles. The maximum atomic E-state index is 11.3. The van der Waals surface area contributed by atoms with Crippen molar-refractivity contribution < 1.29 is 27.4 Å². The number of carbonyl (C=O) groups is 1. The highest BCUT2D eigenvalue weighted by atomic mass is 32.2. The Kier molecular flexibility index (Phi) is 10.9. The molecule has 2 aliphatic rings. The van der Waals surface area contributed by atoms with E-state index in [1.807, 2.05) is 43.5 Å². The van der Waals surface area contributed by atoms with Crippen molar-refractivity contribution in [2.75, 3.05) is 37.8 Å². The summed E-state index contributed by atoms with van der Waals surface area (Å²) in [6.07, 6.45) is 15.5. The van der Waals surface area contributed by atoms with Crippen molar-refractivity contribution in [2.45, 2.75) is 64.3 Å². The molecule has 2 aliphatic heterocycles. The fourth-order valence-corrected chi connectivity index (χ4v) is 7.14. The van der Waals surface area contributed by atoms with Crippen LogP contribution in [0.5, 0.6) is 0 Å². The lowest BCUT2D eigenvalue weighted by Gasteiger charge is -2.27. The Balaban J connectivity index is 1.43. The molecule has 0 aliphatic carbocycles. The smallest absolute Gasteiger partial charge is 0.303 e. The Morgan fingerprint density at radius 1 is 0.957 bits per heavy atom. The molecule has 0 bridgehead atoms. The summed E-state index contributed by atoms with van der Waals surface area (Å²) in [6.45, 7) is 10.8. The second kappa shape index (κ2) is 14.3. The van der Waals surface area contributed by atoms with E-state index in [0.29, 0.717) is 19.4 Å². The van der Waals surface area contributed by atoms with Crippen LogP contribution < -0.4 is 4.90 Å². The number of aliphatic carboxylic acids is 1. The van der Waals surface area contributed by atoms with E-state index < -0.39 is 16.1 Å². The molecule has 0 atom stereocenters. The number of nitrogens with zero attached hydrogens (tertiary/aromatic N) is 3. The number of para-hydroxylation sites is 1. The summed E-state index contributed by atoms with van der Waals surface area (Å²) in [5, 5.41) is 8.92. The second-order valence-electron chi connectivity index (χ2n) is 13.3. The third-order valence-electron chi connectivity index (χ3n) is 9.02. The summed E-state index contributed by atoms with van der Waals surface area (Å²) in [5.74, 6) is -1.02. The lowest BCUT2D eigenvalue weighted by atomic mass is 9.80. The van der Waals surface area contributed by atoms with Crippen molar-refractivity contribution in [3.05, 3.63) is 107 Å². The van der Waals surface area contributed by atoms with Gasteiger partial charge in [-0.25, -0.2) is 0 Å². The van der Waals surface area contributed by atoms with Crippen LogP contribution >= 0.6 is 0 Å². The number of fused-ring (bicyclic) bond motifs is 2. The van der Waals surface area contributed by atoms with Crippen LogP contribution in [0.4, 0.5) is 11.4 Å². The van der Waals surface area contributed by atoms with E-state index in [1.54, 1.807) is 0 Å². The van der Waals surface area contributed by atoms with E-state index in [2.05, 4.69) is 97.7 Å². The van der Waals surface area contributed by atoms with Gasteiger partial charge in [0.2, 0.25) is 5.69 Å². The number of allylic oxidation sites excluding steroid dienone is 8. The van der Waals surface area contributed by atoms with Crippen molar-refractivity contribution in [1.29, 1.82) is 0 Å². The van der Waals surface area contributed by atoms with Gasteiger partial charge in [0.15, 0.2) is 5.71 Å². The summed E-state index contributed by atoms with van der Waals surface area (Å²) >= 11 is 0. The van der Waals surface area contributed by atoms with Gasteiger partial charge >= 0.3 is 5.97 Å². The zero-order chi connectivity index (χ0) is 33.7. The summed E-state index contributed by atoms with van der Waals surface area (Å²) in [4.78, 5) is 15.2. The van der Waals surface area contributed by atoms with Crippen LogP contribution in [0.3, 0.4) is 0 Å². The van der Waals surface area contributed by atoms with E-state index in [9.17, 15) is 17.8 Å². The molecule has 0 unspecified atom stereocenters. The number of carboxylic acid groups (broad SMARTS) is 1. The molecule has 2 aromatic rings. The molecular weight excluding hydrogens is 598 g/mol. The van der Waals surface area contributed by atoms with Gasteiger partial charge in [0.05, 0.1) is 11.2 Å². The van der Waals surface area contributed by atoms with E-state index in [4.69, 9.17) is 5.11 Å². The first-order valence-corrected chi connectivity index (χ1v) is 17.4. The largest absolute Gasteiger partial charge is 0.481 e. The number of anilines is 1. The fourth-order valence-electron chi connectivity index (χ4n) is 6.65. The normalized spacial score (nSPS) is 18.2. The van der Waals surface area contributed by atoms with E-state index in [-0.39, 0.29) is 23.0 Å². The Morgan fingerprint density at radius 2 is 1.65 bits per heavy atom. The highest BCUT2D eigenvalue weighted by Gasteiger charge is 2.43. The maximum absolute atomic E-state index is 11.3. The molecule has 2 N–H and O–H groups in total. The minimum Gasteiger partial charge on any atom is -0.481 e. The number of benzene rings is 2. The first-order chi connectivity index (χ1) is 21.6. The Hall–Kier alpha value is -3.79. The minimum atomic E-state index is -4.01. The van der Waals surface area contributed by atoms with Crippen molar-refractivity contribution in [3.8, 4) is 0 Å². The monoisotopic (exact) mass is 646 g/mol. The van der Waals surface area contributed by atoms with Gasteiger partial charge in [-0.05, 0) is 69.6 Å². The standard InChI is InChI=1S/C37H47N3O5S/c1-36(2)29-16-12-13-17-32(29)40(24-15-25-46(43,44)45)34(36)19-11-9-7-8-10-18-33-37(3,4)30-26-28(21-22-31(30)39(33)6)27-38(5)23-14-20-35(41)42/h7-13,16-19,21-22,26H,14-15,20,23-25,27H2,1-6H3,(H-,41,42,43,44,45)/p+1. The predicted octanol–water partition coefficient (Wildman–Crippen LogP) is 6.62. The molecule has 0 spiro atoms. The molecular formula is C37H48N3O5S+. The highest BCUT2D eigenvalue weighted by molar-refractivity contribution is 7.85. The highest BCUT2D eigenvalue weighted by Crippen LogP contribution is 2.47. The third-order valence-corrected chi connectivity index (χ3v) is 9.82. The average Bonchev–Trinajstić information content (AvgIpc) is 3.29. The van der Waals surface area contributed by atoms with E-state index in [1.165, 1.54) is 28.1 Å². The van der Waals surface area contributed by atoms with Gasteiger partial charge in [0.25, 0.3) is 10.1 Å². The number of hydrogen-bond donors (Lipinski definition) is 2. The number of rotatable bonds is 14. The fraction of sp³-hybridized carbons (Fsp3) is 0.405. The van der Waals surface area contributed by atoms with Gasteiger partial charge in [-0.1, -0.05) is 68.5 Å². The maximum Gasteiger partial charge on any atom is 0.303 e. The minimum absolute atomic E-state index is 0.172. The summed E-state index contributed by atoms with van der Waals surface area (Å²) in [7, 11) is 0.119. The summed E-state index contributed by atoms with van der Waals surface area (Å²) in [5.41, 5.74) is 7.81. The molecule has 2 aromatic carbocycles. The molecule has 0 fully saturated rings. The number of carboxylic acids is 1. The summed E-state index contributed by atoms with van der Waals surface area (Å²) < 4.78 is 34.1. The molecule has 0 saturated carbocycles. The van der Waals surface area contributed by atoms with Crippen LogP contribution in [0.2, 0.25) is 0 Å². The van der Waals surface area contributed by atoms with Crippen LogP contribution in [0.1, 0.15) is 63.6 Å². The second-order valence-corrected chi connectivity index (χ2v) is 14.8. The van der Waals surface area contributed by atoms with Crippen LogP contribution in [-0.4, -0.2) is 72.2 Å². The van der Waals surface area contributed by atoms with Gasteiger partial charge in [0, 0.05) is 54.0 Å². The molecule has 4 rings (SSSR count). The summed E-state index contributed by atoms with van der Waals surface area (Å²) in [6, 6.07) is 14.8. The topological polar surface area (TPSA) is 101 Å². The first-order valence-electron chi connectivity index (χ1n) is 15.8. The molecule has 8 nitrogen and oxygen atoms in total. The molecule has 0 saturated heterocycles. The van der Waals surface area contributed by atoms with E-state index >= 15 is 0 Å². The molecule has 0 amide bonds. The lowest BCUT2D eigenvalue weighted by molar-refractivity contribution is -0.401. The molecule has 246 valence electrons. The zero-order valence-corrected chi connectivity index (χ0v) is 28.7. The van der Waals surface area contributed by atoms with Gasteiger partial charge in [-0.15, -0.1) is 0 Å². The van der Waals surface area contributed by atoms with Gasteiger partial charge in [-0.3, -0.25) is 9.35 Å². The van der Waals surface area contributed by atoms with E-state index in [0.717, 1.165) is 24.5 Å². The van der Waals surface area contributed by atoms with Crippen molar-refractivity contribution in [2.24, 2.45) is 0 Å². The first kappa shape index (κ1) is 35.1. The Morgan fingerprint density at radius 3 is 2.37 bits per heavy atom. The quantitative estimate of drug-likeness (QED) is 0.135. The van der Waals surface area contributed by atoms with Crippen LogP contribution in [0, 0.1) is 0 Å². The zero-order valence-electron chi connectivity index (χ0n) is 27.9. The van der Waals surface area contributed by atoms with Crippen molar-refractivity contribution in [3.63, 3.8) is 0 Å². The van der Waals surface area contributed by atoms with Gasteiger partial charge in [-0.2, -0.15) is 13.0 Å².